The van der Waals surface area contributed by atoms with E-state index in [1.54, 1.807) is 20.8 Å². The Hall–Kier alpha value is -0.170. The summed E-state index contributed by atoms with van der Waals surface area (Å²) in [6, 6.07) is 0. The van der Waals surface area contributed by atoms with Crippen molar-refractivity contribution in [1.82, 2.24) is 6.15 Å². The zero-order chi connectivity index (χ0) is 10.5. The van der Waals surface area contributed by atoms with Crippen LogP contribution in [0.3, 0.4) is 0 Å². The number of hydrogen-bond donors (Lipinski definition) is 2. The van der Waals surface area contributed by atoms with E-state index < -0.39 is 15.7 Å². The Kier molecular flexibility index (Phi) is 7.37. The zero-order valence-corrected chi connectivity index (χ0v) is 9.93. The molecule has 0 bridgehead atoms. The average molecular weight is 227 g/mol. The number of rotatable bonds is 6. The van der Waals surface area contributed by atoms with Gasteiger partial charge in [0.05, 0.1) is 12.2 Å². The van der Waals surface area contributed by atoms with Crippen LogP contribution in [0.5, 0.6) is 0 Å². The molecule has 0 aliphatic carbocycles. The van der Waals surface area contributed by atoms with Gasteiger partial charge in [-0.25, -0.2) is 0 Å². The molecule has 0 saturated carbocycles. The molecule has 0 rings (SSSR count). The molecule has 0 aromatic carbocycles. The third-order valence-electron chi connectivity index (χ3n) is 2.06. The summed E-state index contributed by atoms with van der Waals surface area (Å²) in [6.45, 7) is 5.23. The summed E-state index contributed by atoms with van der Waals surface area (Å²) in [5.41, 5.74) is -1.14. The molecule has 0 radical (unpaired) electrons. The highest BCUT2D eigenvalue weighted by Gasteiger charge is 2.29. The SMILES string of the molecule is CCOS(=O)(=O)CC(O)(CC)CC.N. The molecule has 0 saturated heterocycles. The third kappa shape index (κ3) is 5.54. The Morgan fingerprint density at radius 3 is 1.93 bits per heavy atom. The molecule has 0 aliphatic heterocycles. The van der Waals surface area contributed by atoms with Gasteiger partial charge < -0.3 is 11.3 Å². The van der Waals surface area contributed by atoms with E-state index in [4.69, 9.17) is 0 Å². The molecule has 0 aromatic heterocycles. The summed E-state index contributed by atoms with van der Waals surface area (Å²) in [5, 5.41) is 9.73. The second-order valence-corrected chi connectivity index (χ2v) is 4.68. The van der Waals surface area contributed by atoms with E-state index in [-0.39, 0.29) is 18.5 Å². The standard InChI is InChI=1S/C8H18O4S.H3N/c1-4-8(9,5-2)7-13(10,11)12-6-3;/h9H,4-7H2,1-3H3;1H3. The van der Waals surface area contributed by atoms with Crippen LogP contribution in [0.4, 0.5) is 0 Å². The maximum Gasteiger partial charge on any atom is 0.270 e. The van der Waals surface area contributed by atoms with Crippen LogP contribution in [0.25, 0.3) is 0 Å². The smallest absolute Gasteiger partial charge is 0.270 e. The van der Waals surface area contributed by atoms with Crippen molar-refractivity contribution in [1.29, 1.82) is 0 Å². The van der Waals surface area contributed by atoms with Crippen molar-refractivity contribution < 1.29 is 17.7 Å². The highest BCUT2D eigenvalue weighted by Crippen LogP contribution is 2.17. The van der Waals surface area contributed by atoms with Gasteiger partial charge in [0.15, 0.2) is 0 Å². The Morgan fingerprint density at radius 1 is 1.21 bits per heavy atom. The molecule has 0 aromatic rings. The Labute approximate surface area is 86.2 Å². The summed E-state index contributed by atoms with van der Waals surface area (Å²) in [7, 11) is -3.56. The van der Waals surface area contributed by atoms with Gasteiger partial charge in [0.1, 0.15) is 5.75 Å². The van der Waals surface area contributed by atoms with Crippen molar-refractivity contribution in [3.8, 4) is 0 Å². The quantitative estimate of drug-likeness (QED) is 0.661. The van der Waals surface area contributed by atoms with E-state index in [0.717, 1.165) is 0 Å². The highest BCUT2D eigenvalue weighted by molar-refractivity contribution is 7.86. The molecule has 0 amide bonds. The molecule has 4 N–H and O–H groups in total. The van der Waals surface area contributed by atoms with Gasteiger partial charge in [0.25, 0.3) is 10.1 Å². The Balaban J connectivity index is 0. The molecule has 0 atom stereocenters. The number of hydrogen-bond acceptors (Lipinski definition) is 5. The van der Waals surface area contributed by atoms with Crippen molar-refractivity contribution >= 4 is 10.1 Å². The van der Waals surface area contributed by atoms with Crippen LogP contribution in [0.1, 0.15) is 33.6 Å². The van der Waals surface area contributed by atoms with Crippen molar-refractivity contribution in [2.75, 3.05) is 12.4 Å². The molecular weight excluding hydrogens is 206 g/mol. The minimum absolute atomic E-state index is 0. The summed E-state index contributed by atoms with van der Waals surface area (Å²) >= 11 is 0. The van der Waals surface area contributed by atoms with Gasteiger partial charge in [-0.2, -0.15) is 8.42 Å². The lowest BCUT2D eigenvalue weighted by Gasteiger charge is -2.23. The topological polar surface area (TPSA) is 98.6 Å². The van der Waals surface area contributed by atoms with Crippen LogP contribution in [0, 0.1) is 0 Å². The summed E-state index contributed by atoms with van der Waals surface area (Å²) in [4.78, 5) is 0. The van der Waals surface area contributed by atoms with E-state index in [0.29, 0.717) is 12.8 Å². The van der Waals surface area contributed by atoms with Crippen LogP contribution in [0.2, 0.25) is 0 Å². The second kappa shape index (κ2) is 6.34. The minimum Gasteiger partial charge on any atom is -0.389 e. The maximum atomic E-state index is 11.2. The molecule has 0 aliphatic rings. The predicted molar refractivity (Wildman–Crippen MR) is 56.0 cm³/mol. The fraction of sp³-hybridized carbons (Fsp3) is 1.00. The minimum atomic E-state index is -3.56. The van der Waals surface area contributed by atoms with E-state index in [2.05, 4.69) is 4.18 Å². The summed E-state index contributed by atoms with van der Waals surface area (Å²) < 4.78 is 26.9. The first kappa shape index (κ1) is 16.3. The lowest BCUT2D eigenvalue weighted by molar-refractivity contribution is 0.0530. The van der Waals surface area contributed by atoms with Gasteiger partial charge in [-0.1, -0.05) is 13.8 Å². The van der Waals surface area contributed by atoms with Crippen LogP contribution in [0.15, 0.2) is 0 Å². The van der Waals surface area contributed by atoms with Gasteiger partial charge in [0, 0.05) is 0 Å². The third-order valence-corrected chi connectivity index (χ3v) is 3.54. The highest BCUT2D eigenvalue weighted by atomic mass is 32.2. The Bertz CT molecular complexity index is 234. The van der Waals surface area contributed by atoms with Gasteiger partial charge >= 0.3 is 0 Å². The molecule has 0 fully saturated rings. The summed E-state index contributed by atoms with van der Waals surface area (Å²) in [5.74, 6) is -0.319. The van der Waals surface area contributed by atoms with E-state index in [9.17, 15) is 13.5 Å². The van der Waals surface area contributed by atoms with Crippen LogP contribution >= 0.6 is 0 Å². The molecule has 88 valence electrons. The molecule has 0 heterocycles. The van der Waals surface area contributed by atoms with E-state index in [1.165, 1.54) is 0 Å². The van der Waals surface area contributed by atoms with Crippen LogP contribution < -0.4 is 6.15 Å². The Morgan fingerprint density at radius 2 is 1.64 bits per heavy atom. The zero-order valence-electron chi connectivity index (χ0n) is 9.12. The van der Waals surface area contributed by atoms with Crippen LogP contribution in [-0.2, 0) is 14.3 Å². The van der Waals surface area contributed by atoms with Crippen LogP contribution in [-0.4, -0.2) is 31.5 Å². The fourth-order valence-electron chi connectivity index (χ4n) is 1.00. The van der Waals surface area contributed by atoms with Gasteiger partial charge in [-0.15, -0.1) is 0 Å². The van der Waals surface area contributed by atoms with E-state index in [1.807, 2.05) is 0 Å². The summed E-state index contributed by atoms with van der Waals surface area (Å²) in [6.07, 6.45) is 0.825. The maximum absolute atomic E-state index is 11.2. The average Bonchev–Trinajstić information content (AvgIpc) is 2.03. The molecule has 14 heavy (non-hydrogen) atoms. The van der Waals surface area contributed by atoms with Crippen molar-refractivity contribution in [3.05, 3.63) is 0 Å². The molecule has 5 nitrogen and oxygen atoms in total. The van der Waals surface area contributed by atoms with Gasteiger partial charge in [-0.3, -0.25) is 4.18 Å². The lowest BCUT2D eigenvalue weighted by atomic mass is 10.0. The molecule has 0 unspecified atom stereocenters. The lowest BCUT2D eigenvalue weighted by Crippen LogP contribution is -2.36. The van der Waals surface area contributed by atoms with Crippen molar-refractivity contribution in [2.45, 2.75) is 39.2 Å². The van der Waals surface area contributed by atoms with Crippen molar-refractivity contribution in [3.63, 3.8) is 0 Å². The monoisotopic (exact) mass is 227 g/mol. The first-order valence-corrected chi connectivity index (χ1v) is 6.06. The second-order valence-electron chi connectivity index (χ2n) is 3.04. The van der Waals surface area contributed by atoms with Crippen molar-refractivity contribution in [2.24, 2.45) is 0 Å². The number of aliphatic hydroxyl groups is 1. The van der Waals surface area contributed by atoms with E-state index >= 15 is 0 Å². The molecule has 0 spiro atoms. The largest absolute Gasteiger partial charge is 0.389 e. The predicted octanol–water partition coefficient (Wildman–Crippen LogP) is 1.07. The first-order valence-electron chi connectivity index (χ1n) is 4.48. The van der Waals surface area contributed by atoms with Gasteiger partial charge in [0.2, 0.25) is 0 Å². The molecular formula is C8H21NO4S. The van der Waals surface area contributed by atoms with Gasteiger partial charge in [-0.05, 0) is 19.8 Å². The molecule has 6 heteroatoms. The normalized spacial score (nSPS) is 12.3. The fourth-order valence-corrected chi connectivity index (χ4v) is 2.51. The first-order chi connectivity index (χ1) is 5.89.